The van der Waals surface area contributed by atoms with Crippen LogP contribution in [-0.4, -0.2) is 38.7 Å². The fourth-order valence-electron chi connectivity index (χ4n) is 3.66. The summed E-state index contributed by atoms with van der Waals surface area (Å²) in [5.41, 5.74) is 0.0973. The van der Waals surface area contributed by atoms with E-state index in [0.29, 0.717) is 35.8 Å². The summed E-state index contributed by atoms with van der Waals surface area (Å²) in [6.45, 7) is 0.524. The zero-order valence-corrected chi connectivity index (χ0v) is 16.9. The molecule has 2 aromatic heterocycles. The molecule has 1 saturated heterocycles. The van der Waals surface area contributed by atoms with Gasteiger partial charge in [-0.05, 0) is 37.1 Å². The molecule has 0 aliphatic carbocycles. The fourth-order valence-corrected chi connectivity index (χ4v) is 3.92. The number of carbonyl (C=O) groups is 1. The molecule has 1 fully saturated rings. The van der Waals surface area contributed by atoms with Crippen molar-refractivity contribution >= 4 is 29.0 Å². The van der Waals surface area contributed by atoms with Crippen LogP contribution in [0, 0.1) is 5.92 Å². The lowest BCUT2D eigenvalue weighted by atomic mass is 9.96. The predicted octanol–water partition coefficient (Wildman–Crippen LogP) is 4.19. The Kier molecular flexibility index (Phi) is 5.81. The SMILES string of the molecule is O=C(Nc1cccc(Cl)c1-n1cncn1)C1CCCN(c2ncccc2C(F)(F)F)C1. The number of aromatic nitrogens is 4. The van der Waals surface area contributed by atoms with Crippen LogP contribution < -0.4 is 10.2 Å². The van der Waals surface area contributed by atoms with Crippen LogP contribution in [0.25, 0.3) is 5.69 Å². The topological polar surface area (TPSA) is 75.9 Å². The summed E-state index contributed by atoms with van der Waals surface area (Å²) in [6, 6.07) is 7.29. The van der Waals surface area contributed by atoms with Gasteiger partial charge in [-0.2, -0.15) is 18.3 Å². The van der Waals surface area contributed by atoms with Gasteiger partial charge in [-0.3, -0.25) is 4.79 Å². The number of nitrogens with one attached hydrogen (secondary N) is 1. The van der Waals surface area contributed by atoms with Gasteiger partial charge in [-0.15, -0.1) is 0 Å². The summed E-state index contributed by atoms with van der Waals surface area (Å²) in [7, 11) is 0. The monoisotopic (exact) mass is 450 g/mol. The highest BCUT2D eigenvalue weighted by atomic mass is 35.5. The molecule has 0 radical (unpaired) electrons. The van der Waals surface area contributed by atoms with E-state index in [1.54, 1.807) is 18.2 Å². The average molecular weight is 451 g/mol. The van der Waals surface area contributed by atoms with Gasteiger partial charge in [0.2, 0.25) is 5.91 Å². The first-order chi connectivity index (χ1) is 14.8. The maximum atomic E-state index is 13.4. The molecule has 1 atom stereocenters. The lowest BCUT2D eigenvalue weighted by molar-refractivity contribution is -0.137. The molecule has 31 heavy (non-hydrogen) atoms. The Hall–Kier alpha value is -3.14. The van der Waals surface area contributed by atoms with Crippen molar-refractivity contribution < 1.29 is 18.0 Å². The Morgan fingerprint density at radius 1 is 1.23 bits per heavy atom. The number of rotatable bonds is 4. The number of halogens is 4. The number of para-hydroxylation sites is 1. The lowest BCUT2D eigenvalue weighted by Crippen LogP contribution is -2.42. The highest BCUT2D eigenvalue weighted by molar-refractivity contribution is 6.33. The summed E-state index contributed by atoms with van der Waals surface area (Å²) in [4.78, 5) is 22.4. The zero-order valence-electron chi connectivity index (χ0n) is 16.2. The van der Waals surface area contributed by atoms with Crippen molar-refractivity contribution in [2.45, 2.75) is 19.0 Å². The molecule has 11 heteroatoms. The minimum Gasteiger partial charge on any atom is -0.355 e. The molecule has 1 N–H and O–H groups in total. The first-order valence-corrected chi connectivity index (χ1v) is 9.94. The van der Waals surface area contributed by atoms with Gasteiger partial charge in [-0.1, -0.05) is 17.7 Å². The fraction of sp³-hybridized carbons (Fsp3) is 0.300. The third-order valence-electron chi connectivity index (χ3n) is 5.08. The number of carbonyl (C=O) groups excluding carboxylic acids is 1. The van der Waals surface area contributed by atoms with Crippen LogP contribution in [-0.2, 0) is 11.0 Å². The van der Waals surface area contributed by atoms with Gasteiger partial charge in [0.25, 0.3) is 0 Å². The molecule has 4 rings (SSSR count). The van der Waals surface area contributed by atoms with Crippen molar-refractivity contribution in [3.8, 4) is 5.69 Å². The second-order valence-corrected chi connectivity index (χ2v) is 7.53. The summed E-state index contributed by atoms with van der Waals surface area (Å²) >= 11 is 6.29. The minimum atomic E-state index is -4.52. The Balaban J connectivity index is 1.55. The molecule has 0 saturated carbocycles. The van der Waals surface area contributed by atoms with Crippen molar-refractivity contribution in [2.75, 3.05) is 23.3 Å². The largest absolute Gasteiger partial charge is 0.419 e. The van der Waals surface area contributed by atoms with Crippen LogP contribution in [0.5, 0.6) is 0 Å². The normalized spacial score (nSPS) is 16.9. The molecule has 1 unspecified atom stereocenters. The molecular weight excluding hydrogens is 433 g/mol. The van der Waals surface area contributed by atoms with E-state index in [-0.39, 0.29) is 18.3 Å². The average Bonchev–Trinajstić information content (AvgIpc) is 3.27. The minimum absolute atomic E-state index is 0.130. The van der Waals surface area contributed by atoms with Crippen molar-refractivity contribution in [1.82, 2.24) is 19.7 Å². The highest BCUT2D eigenvalue weighted by Crippen LogP contribution is 2.36. The number of pyridine rings is 1. The van der Waals surface area contributed by atoms with E-state index in [0.717, 1.165) is 6.07 Å². The van der Waals surface area contributed by atoms with Gasteiger partial charge in [-0.25, -0.2) is 14.6 Å². The van der Waals surface area contributed by atoms with E-state index < -0.39 is 17.7 Å². The van der Waals surface area contributed by atoms with Crippen LogP contribution in [0.15, 0.2) is 49.2 Å². The second-order valence-electron chi connectivity index (χ2n) is 7.12. The van der Waals surface area contributed by atoms with Crippen LogP contribution in [0.3, 0.4) is 0 Å². The highest BCUT2D eigenvalue weighted by Gasteiger charge is 2.37. The van der Waals surface area contributed by atoms with Gasteiger partial charge in [0.05, 0.1) is 22.2 Å². The van der Waals surface area contributed by atoms with Gasteiger partial charge in [0, 0.05) is 19.3 Å². The smallest absolute Gasteiger partial charge is 0.355 e. The third-order valence-corrected chi connectivity index (χ3v) is 5.38. The van der Waals surface area contributed by atoms with E-state index in [1.807, 2.05) is 0 Å². The van der Waals surface area contributed by atoms with E-state index in [4.69, 9.17) is 11.6 Å². The molecule has 162 valence electrons. The number of hydrogen-bond donors (Lipinski definition) is 1. The van der Waals surface area contributed by atoms with E-state index in [9.17, 15) is 18.0 Å². The molecular formula is C20H18ClF3N6O. The number of nitrogens with zero attached hydrogens (tertiary/aromatic N) is 5. The number of benzene rings is 1. The summed E-state index contributed by atoms with van der Waals surface area (Å²) in [6.07, 6.45) is 0.724. The van der Waals surface area contributed by atoms with Crippen LogP contribution in [0.2, 0.25) is 5.02 Å². The second kappa shape index (κ2) is 8.54. The molecule has 1 aliphatic rings. The molecule has 0 bridgehead atoms. The van der Waals surface area contributed by atoms with E-state index >= 15 is 0 Å². The zero-order chi connectivity index (χ0) is 22.0. The Labute approximate surface area is 180 Å². The van der Waals surface area contributed by atoms with Crippen LogP contribution in [0.1, 0.15) is 18.4 Å². The van der Waals surface area contributed by atoms with Gasteiger partial charge in [0.15, 0.2) is 0 Å². The number of hydrogen-bond acceptors (Lipinski definition) is 5. The third kappa shape index (κ3) is 4.48. The Bertz CT molecular complexity index is 1070. The van der Waals surface area contributed by atoms with Gasteiger partial charge < -0.3 is 10.2 Å². The predicted molar refractivity (Wildman–Crippen MR) is 109 cm³/mol. The maximum Gasteiger partial charge on any atom is 0.419 e. The molecule has 3 heterocycles. The van der Waals surface area contributed by atoms with Gasteiger partial charge >= 0.3 is 6.18 Å². The number of piperidine rings is 1. The Morgan fingerprint density at radius 3 is 2.81 bits per heavy atom. The van der Waals surface area contributed by atoms with Crippen molar-refractivity contribution in [3.05, 3.63) is 59.8 Å². The van der Waals surface area contributed by atoms with E-state index in [1.165, 1.54) is 34.5 Å². The van der Waals surface area contributed by atoms with Gasteiger partial charge in [0.1, 0.15) is 24.2 Å². The number of anilines is 2. The quantitative estimate of drug-likeness (QED) is 0.645. The summed E-state index contributed by atoms with van der Waals surface area (Å²) < 4.78 is 41.6. The molecule has 1 aliphatic heterocycles. The van der Waals surface area contributed by atoms with Crippen molar-refractivity contribution in [3.63, 3.8) is 0 Å². The first-order valence-electron chi connectivity index (χ1n) is 9.56. The molecule has 7 nitrogen and oxygen atoms in total. The summed E-state index contributed by atoms with van der Waals surface area (Å²) in [5.74, 6) is -0.976. The molecule has 3 aromatic rings. The number of alkyl halides is 3. The van der Waals surface area contributed by atoms with Crippen molar-refractivity contribution in [2.24, 2.45) is 5.92 Å². The molecule has 1 aromatic carbocycles. The Morgan fingerprint density at radius 2 is 2.06 bits per heavy atom. The molecule has 1 amide bonds. The van der Waals surface area contributed by atoms with Crippen molar-refractivity contribution in [1.29, 1.82) is 0 Å². The van der Waals surface area contributed by atoms with Crippen LogP contribution >= 0.6 is 11.6 Å². The summed E-state index contributed by atoms with van der Waals surface area (Å²) in [5, 5.41) is 7.28. The lowest BCUT2D eigenvalue weighted by Gasteiger charge is -2.34. The maximum absolute atomic E-state index is 13.4. The first kappa shape index (κ1) is 21.1. The molecule has 0 spiro atoms. The number of amides is 1. The van der Waals surface area contributed by atoms with Crippen LogP contribution in [0.4, 0.5) is 24.7 Å². The van der Waals surface area contributed by atoms with E-state index in [2.05, 4.69) is 20.4 Å². The standard InChI is InChI=1S/C20H18ClF3N6O/c21-15-6-1-7-16(17(15)30-12-25-11-27-30)28-19(31)13-4-3-9-29(10-13)18-14(20(22,23)24)5-2-8-26-18/h1-2,5-8,11-13H,3-4,9-10H2,(H,28,31).